The number of halogens is 1. The summed E-state index contributed by atoms with van der Waals surface area (Å²) in [5.74, 6) is 0.239. The third-order valence-corrected chi connectivity index (χ3v) is 6.68. The first kappa shape index (κ1) is 25.4. The van der Waals surface area contributed by atoms with Crippen LogP contribution in [0.3, 0.4) is 0 Å². The number of allylic oxidation sites excluding steroid dienone is 3. The third kappa shape index (κ3) is 5.30. The minimum atomic E-state index is -1.64. The maximum Gasteiger partial charge on any atom is 0.409 e. The molecule has 2 aliphatic rings. The lowest BCUT2D eigenvalue weighted by atomic mass is 9.89. The van der Waals surface area contributed by atoms with Crippen LogP contribution in [-0.4, -0.2) is 63.7 Å². The van der Waals surface area contributed by atoms with Gasteiger partial charge in [0.25, 0.3) is 0 Å². The van der Waals surface area contributed by atoms with Gasteiger partial charge in [-0.05, 0) is 31.0 Å². The number of nitrogens with zero attached hydrogens (tertiary/aromatic N) is 1. The number of carbonyl (C=O) groups excluding carboxylic acids is 1. The van der Waals surface area contributed by atoms with Crippen LogP contribution >= 0.6 is 11.6 Å². The Morgan fingerprint density at radius 3 is 2.64 bits per heavy atom. The summed E-state index contributed by atoms with van der Waals surface area (Å²) in [4.78, 5) is 14.3. The van der Waals surface area contributed by atoms with Crippen LogP contribution in [0, 0.1) is 5.92 Å². The van der Waals surface area contributed by atoms with E-state index in [1.807, 2.05) is 50.1 Å². The SMILES string of the molecule is COc1cc2cc(c1Cl)N(C)[C@@H](OC)[C@H](C)[C@@H]1C[C@@](O)(NC(=O)O1)[C@H](OC)/C=C/C=C(\C)C2. The molecule has 0 radical (unpaired) electrons. The summed E-state index contributed by atoms with van der Waals surface area (Å²) in [5.41, 5.74) is 1.18. The Morgan fingerprint density at radius 2 is 2.00 bits per heavy atom. The van der Waals surface area contributed by atoms with Gasteiger partial charge in [0.2, 0.25) is 0 Å². The highest BCUT2D eigenvalue weighted by atomic mass is 35.5. The Balaban J connectivity index is 2.15. The molecule has 0 spiro atoms. The number of benzene rings is 1. The zero-order chi connectivity index (χ0) is 24.3. The third-order valence-electron chi connectivity index (χ3n) is 6.30. The number of carbonyl (C=O) groups is 1. The van der Waals surface area contributed by atoms with Crippen LogP contribution in [-0.2, 0) is 20.6 Å². The van der Waals surface area contributed by atoms with Crippen molar-refractivity contribution in [3.63, 3.8) is 0 Å². The maximum absolute atomic E-state index is 12.4. The van der Waals surface area contributed by atoms with Gasteiger partial charge in [-0.1, -0.05) is 42.3 Å². The lowest BCUT2D eigenvalue weighted by Gasteiger charge is -2.44. The Hall–Kier alpha value is -2.26. The van der Waals surface area contributed by atoms with Crippen molar-refractivity contribution in [2.24, 2.45) is 5.92 Å². The number of methoxy groups -OCH3 is 3. The number of rotatable bonds is 3. The molecule has 0 aromatic heterocycles. The van der Waals surface area contributed by atoms with Crippen molar-refractivity contribution >= 4 is 23.4 Å². The van der Waals surface area contributed by atoms with Crippen LogP contribution in [0.4, 0.5) is 10.5 Å². The van der Waals surface area contributed by atoms with Crippen molar-refractivity contribution in [2.75, 3.05) is 33.3 Å². The topological polar surface area (TPSA) is 89.5 Å². The van der Waals surface area contributed by atoms with Gasteiger partial charge in [-0.3, -0.25) is 5.32 Å². The number of alkyl carbamates (subject to hydrolysis) is 1. The number of nitrogens with one attached hydrogen (secondary N) is 1. The molecule has 1 saturated heterocycles. The van der Waals surface area contributed by atoms with E-state index in [1.54, 1.807) is 20.3 Å². The van der Waals surface area contributed by atoms with Gasteiger partial charge in [-0.15, -0.1) is 0 Å². The lowest BCUT2D eigenvalue weighted by molar-refractivity contribution is -0.149. The molecule has 0 saturated carbocycles. The van der Waals surface area contributed by atoms with Crippen molar-refractivity contribution in [3.05, 3.63) is 46.5 Å². The van der Waals surface area contributed by atoms with Gasteiger partial charge in [0.15, 0.2) is 5.72 Å². The van der Waals surface area contributed by atoms with Gasteiger partial charge < -0.3 is 29.0 Å². The molecular weight excluding hydrogens is 448 g/mol. The summed E-state index contributed by atoms with van der Waals surface area (Å²) in [7, 11) is 6.52. The summed E-state index contributed by atoms with van der Waals surface area (Å²) in [6.07, 6.45) is 3.61. The Bertz CT molecular complexity index is 936. The zero-order valence-corrected chi connectivity index (χ0v) is 20.7. The van der Waals surface area contributed by atoms with E-state index in [0.717, 1.165) is 16.8 Å². The monoisotopic (exact) mass is 480 g/mol. The normalized spacial score (nSPS) is 33.0. The predicted octanol–water partition coefficient (Wildman–Crippen LogP) is 3.65. The Morgan fingerprint density at radius 1 is 1.27 bits per heavy atom. The smallest absolute Gasteiger partial charge is 0.409 e. The summed E-state index contributed by atoms with van der Waals surface area (Å²) in [6, 6.07) is 3.93. The van der Waals surface area contributed by atoms with Gasteiger partial charge in [-0.25, -0.2) is 4.79 Å². The molecule has 1 aromatic carbocycles. The average molecular weight is 481 g/mol. The molecule has 1 fully saturated rings. The molecule has 0 unspecified atom stereocenters. The molecule has 33 heavy (non-hydrogen) atoms. The summed E-state index contributed by atoms with van der Waals surface area (Å²) < 4.78 is 22.5. The standard InChI is InChI=1S/C24H33ClN2O6/c1-14-8-7-9-20(31-5)24(29)13-19(33-23(28)26-24)15(2)22(32-6)27(3)17-11-16(10-14)12-18(30-4)21(17)25/h7-9,11-12,15,19-20,22,29H,10,13H2,1-6H3,(H,26,28)/b9-7+,14-8+/t15-,19+,20-,22+,24+/m1/s1. The van der Waals surface area contributed by atoms with Gasteiger partial charge in [0.05, 0.1) is 12.8 Å². The van der Waals surface area contributed by atoms with Gasteiger partial charge >= 0.3 is 6.09 Å². The number of aliphatic hydroxyl groups is 1. The second kappa shape index (κ2) is 10.3. The molecule has 182 valence electrons. The van der Waals surface area contributed by atoms with Crippen LogP contribution in [0.1, 0.15) is 25.8 Å². The highest BCUT2D eigenvalue weighted by molar-refractivity contribution is 6.34. The first-order chi connectivity index (χ1) is 15.6. The fraction of sp³-hybridized carbons (Fsp3) is 0.542. The van der Waals surface area contributed by atoms with Crippen LogP contribution in [0.2, 0.25) is 5.02 Å². The van der Waals surface area contributed by atoms with Crippen molar-refractivity contribution in [1.29, 1.82) is 0 Å². The number of fused-ring (bicyclic) bond motifs is 4. The van der Waals surface area contributed by atoms with E-state index in [2.05, 4.69) is 5.32 Å². The molecule has 3 rings (SSSR count). The van der Waals surface area contributed by atoms with E-state index in [0.29, 0.717) is 17.2 Å². The van der Waals surface area contributed by atoms with Crippen LogP contribution in [0.5, 0.6) is 5.75 Å². The second-order valence-electron chi connectivity index (χ2n) is 8.66. The molecule has 2 aliphatic heterocycles. The van der Waals surface area contributed by atoms with E-state index < -0.39 is 30.3 Å². The highest BCUT2D eigenvalue weighted by Crippen LogP contribution is 2.39. The minimum Gasteiger partial charge on any atom is -0.495 e. The van der Waals surface area contributed by atoms with E-state index >= 15 is 0 Å². The molecule has 9 heteroatoms. The molecule has 4 bridgehead atoms. The Kier molecular flexibility index (Phi) is 7.95. The van der Waals surface area contributed by atoms with Gasteiger partial charge in [-0.2, -0.15) is 0 Å². The average Bonchev–Trinajstić information content (AvgIpc) is 2.76. The van der Waals surface area contributed by atoms with Crippen LogP contribution in [0.25, 0.3) is 0 Å². The largest absolute Gasteiger partial charge is 0.495 e. The summed E-state index contributed by atoms with van der Waals surface area (Å²) >= 11 is 6.68. The minimum absolute atomic E-state index is 0.107. The molecule has 5 atom stereocenters. The molecule has 0 aliphatic carbocycles. The van der Waals surface area contributed by atoms with Crippen molar-refractivity contribution in [1.82, 2.24) is 5.32 Å². The first-order valence-corrected chi connectivity index (χ1v) is 11.2. The van der Waals surface area contributed by atoms with Crippen LogP contribution < -0.4 is 15.0 Å². The quantitative estimate of drug-likeness (QED) is 0.682. The van der Waals surface area contributed by atoms with Crippen molar-refractivity contribution in [3.8, 4) is 5.75 Å². The van der Waals surface area contributed by atoms with Gasteiger partial charge in [0.1, 0.15) is 29.2 Å². The van der Waals surface area contributed by atoms with Crippen molar-refractivity contribution in [2.45, 2.75) is 50.8 Å². The number of hydrogen-bond donors (Lipinski definition) is 2. The maximum atomic E-state index is 12.4. The van der Waals surface area contributed by atoms with Gasteiger partial charge in [0, 0.05) is 33.6 Å². The fourth-order valence-electron chi connectivity index (χ4n) is 4.55. The number of amides is 1. The fourth-order valence-corrected chi connectivity index (χ4v) is 4.87. The van der Waals surface area contributed by atoms with E-state index in [9.17, 15) is 9.90 Å². The summed E-state index contributed by atoms with van der Waals surface area (Å²) in [6.45, 7) is 3.92. The molecule has 8 nitrogen and oxygen atoms in total. The highest BCUT2D eigenvalue weighted by Gasteiger charge is 2.48. The van der Waals surface area contributed by atoms with Crippen molar-refractivity contribution < 1.29 is 28.8 Å². The van der Waals surface area contributed by atoms with E-state index in [4.69, 9.17) is 30.5 Å². The molecule has 1 amide bonds. The van der Waals surface area contributed by atoms with E-state index in [1.165, 1.54) is 7.11 Å². The zero-order valence-electron chi connectivity index (χ0n) is 19.9. The van der Waals surface area contributed by atoms with Crippen LogP contribution in [0.15, 0.2) is 35.9 Å². The molecule has 1 aromatic rings. The number of ether oxygens (including phenoxy) is 4. The molecular formula is C24H33ClN2O6. The predicted molar refractivity (Wildman–Crippen MR) is 127 cm³/mol. The molecule has 2 heterocycles. The number of hydrogen-bond acceptors (Lipinski definition) is 7. The number of anilines is 1. The molecule has 2 N–H and O–H groups in total. The second-order valence-corrected chi connectivity index (χ2v) is 9.03. The van der Waals surface area contributed by atoms with E-state index in [-0.39, 0.29) is 12.3 Å². The lowest BCUT2D eigenvalue weighted by Crippen LogP contribution is -2.64. The summed E-state index contributed by atoms with van der Waals surface area (Å²) in [5, 5.41) is 14.3. The first-order valence-electron chi connectivity index (χ1n) is 10.8. The Labute approximate surface area is 200 Å².